The van der Waals surface area contributed by atoms with Gasteiger partial charge in [-0.1, -0.05) is 18.2 Å². The van der Waals surface area contributed by atoms with Crippen molar-refractivity contribution >= 4 is 11.9 Å². The van der Waals surface area contributed by atoms with Gasteiger partial charge in [0.05, 0.1) is 6.61 Å². The molecule has 1 amide bonds. The minimum atomic E-state index is 0.295. The number of carbonyl (C=O) groups excluding carboxylic acids is 1. The van der Waals surface area contributed by atoms with E-state index in [9.17, 15) is 4.79 Å². The number of guanidine groups is 1. The highest BCUT2D eigenvalue weighted by Crippen LogP contribution is 2.33. The number of nitrogens with one attached hydrogen (secondary N) is 2. The van der Waals surface area contributed by atoms with E-state index in [4.69, 9.17) is 9.73 Å². The molecular weight excluding hydrogens is 328 g/mol. The minimum Gasteiger partial charge on any atom is -0.493 e. The Hall–Kier alpha value is -2.24. The average Bonchev–Trinajstić information content (AvgIpc) is 3.08. The molecule has 0 aromatic heterocycles. The fraction of sp³-hybridized carbons (Fsp3) is 0.600. The van der Waals surface area contributed by atoms with E-state index in [0.717, 1.165) is 70.3 Å². The molecule has 2 N–H and O–H groups in total. The Morgan fingerprint density at radius 3 is 3.04 bits per heavy atom. The summed E-state index contributed by atoms with van der Waals surface area (Å²) in [5.41, 5.74) is 1.26. The van der Waals surface area contributed by atoms with E-state index in [2.05, 4.69) is 29.7 Å². The smallest absolute Gasteiger partial charge is 0.222 e. The third kappa shape index (κ3) is 4.90. The first-order valence-corrected chi connectivity index (χ1v) is 9.79. The van der Waals surface area contributed by atoms with Crippen LogP contribution in [0.15, 0.2) is 29.3 Å². The molecule has 2 heterocycles. The fourth-order valence-electron chi connectivity index (χ4n) is 3.57. The molecule has 26 heavy (non-hydrogen) atoms. The van der Waals surface area contributed by atoms with Crippen molar-refractivity contribution in [1.29, 1.82) is 0 Å². The molecule has 1 saturated heterocycles. The number of fused-ring (bicyclic) bond motifs is 1. The highest BCUT2D eigenvalue weighted by atomic mass is 16.5. The Morgan fingerprint density at radius 1 is 1.35 bits per heavy atom. The number of hydrogen-bond acceptors (Lipinski definition) is 3. The predicted molar refractivity (Wildman–Crippen MR) is 104 cm³/mol. The van der Waals surface area contributed by atoms with E-state index in [-0.39, 0.29) is 0 Å². The van der Waals surface area contributed by atoms with E-state index in [1.807, 2.05) is 17.0 Å². The lowest BCUT2D eigenvalue weighted by Crippen LogP contribution is -2.39. The van der Waals surface area contributed by atoms with Crippen molar-refractivity contribution < 1.29 is 9.53 Å². The summed E-state index contributed by atoms with van der Waals surface area (Å²) < 4.78 is 5.73. The maximum atomic E-state index is 11.6. The van der Waals surface area contributed by atoms with Crippen LogP contribution in [-0.4, -0.2) is 56.1 Å². The van der Waals surface area contributed by atoms with Gasteiger partial charge in [0.15, 0.2) is 5.96 Å². The van der Waals surface area contributed by atoms with Gasteiger partial charge in [0.2, 0.25) is 5.91 Å². The van der Waals surface area contributed by atoms with Crippen LogP contribution in [0.3, 0.4) is 0 Å². The summed E-state index contributed by atoms with van der Waals surface area (Å²) in [6.07, 6.45) is 3.65. The van der Waals surface area contributed by atoms with E-state index in [1.54, 1.807) is 0 Å². The van der Waals surface area contributed by atoms with Gasteiger partial charge in [-0.25, -0.2) is 0 Å². The van der Waals surface area contributed by atoms with Gasteiger partial charge in [-0.2, -0.15) is 0 Å². The largest absolute Gasteiger partial charge is 0.493 e. The lowest BCUT2D eigenvalue weighted by molar-refractivity contribution is -0.127. The van der Waals surface area contributed by atoms with Gasteiger partial charge in [-0.05, 0) is 37.8 Å². The average molecular weight is 358 g/mol. The Morgan fingerprint density at radius 2 is 2.23 bits per heavy atom. The van der Waals surface area contributed by atoms with Crippen LogP contribution in [-0.2, 0) is 4.79 Å². The van der Waals surface area contributed by atoms with E-state index in [1.165, 1.54) is 5.56 Å². The van der Waals surface area contributed by atoms with Gasteiger partial charge in [0.1, 0.15) is 5.75 Å². The standard InChI is InChI=1S/C20H30N4O2/c1-2-21-20(22-11-6-13-24-12-5-9-19(24)25)23-15-16-10-14-26-18-8-4-3-7-17(16)18/h3-4,7-8,16H,2,5-6,9-15H2,1H3,(H2,21,22,23). The molecule has 3 rings (SSSR count). The zero-order valence-corrected chi connectivity index (χ0v) is 15.7. The normalized spacial score (nSPS) is 19.9. The summed E-state index contributed by atoms with van der Waals surface area (Å²) in [4.78, 5) is 18.4. The highest BCUT2D eigenvalue weighted by Gasteiger charge is 2.21. The molecule has 0 bridgehead atoms. The summed E-state index contributed by atoms with van der Waals surface area (Å²) >= 11 is 0. The van der Waals surface area contributed by atoms with Crippen LogP contribution in [0.25, 0.3) is 0 Å². The van der Waals surface area contributed by atoms with Crippen LogP contribution in [0.5, 0.6) is 5.75 Å². The van der Waals surface area contributed by atoms with Crippen molar-refractivity contribution in [1.82, 2.24) is 15.5 Å². The number of ether oxygens (including phenoxy) is 1. The third-order valence-electron chi connectivity index (χ3n) is 4.97. The number of aliphatic imine (C=N–C) groups is 1. The maximum Gasteiger partial charge on any atom is 0.222 e. The highest BCUT2D eigenvalue weighted by molar-refractivity contribution is 5.80. The van der Waals surface area contributed by atoms with E-state index < -0.39 is 0 Å². The van der Waals surface area contributed by atoms with Gasteiger partial charge in [-0.15, -0.1) is 0 Å². The molecule has 6 nitrogen and oxygen atoms in total. The van der Waals surface area contributed by atoms with Crippen LogP contribution < -0.4 is 15.4 Å². The molecule has 142 valence electrons. The molecule has 1 aromatic carbocycles. The molecule has 0 aliphatic carbocycles. The molecular formula is C20H30N4O2. The molecule has 1 unspecified atom stereocenters. The first kappa shape index (κ1) is 18.5. The number of nitrogens with zero attached hydrogens (tertiary/aromatic N) is 2. The number of carbonyl (C=O) groups is 1. The second-order valence-electron chi connectivity index (χ2n) is 6.86. The Labute approximate surface area is 156 Å². The summed E-state index contributed by atoms with van der Waals surface area (Å²) in [6.45, 7) is 6.98. The first-order chi connectivity index (χ1) is 12.8. The van der Waals surface area contributed by atoms with Crippen molar-refractivity contribution in [3.63, 3.8) is 0 Å². The third-order valence-corrected chi connectivity index (χ3v) is 4.97. The topological polar surface area (TPSA) is 66.0 Å². The molecule has 1 fully saturated rings. The Bertz CT molecular complexity index is 632. The van der Waals surface area contributed by atoms with Crippen molar-refractivity contribution in [3.05, 3.63) is 29.8 Å². The van der Waals surface area contributed by atoms with Crippen molar-refractivity contribution in [2.75, 3.05) is 39.3 Å². The Balaban J connectivity index is 1.49. The van der Waals surface area contributed by atoms with Gasteiger partial charge >= 0.3 is 0 Å². The SMILES string of the molecule is CCNC(=NCC1CCOc2ccccc21)NCCCN1CCCC1=O. The molecule has 0 spiro atoms. The van der Waals surface area contributed by atoms with Gasteiger partial charge in [0.25, 0.3) is 0 Å². The summed E-state index contributed by atoms with van der Waals surface area (Å²) in [5, 5.41) is 6.70. The number of likely N-dealkylation sites (tertiary alicyclic amines) is 1. The number of amides is 1. The second kappa shape index (κ2) is 9.46. The monoisotopic (exact) mass is 358 g/mol. The lowest BCUT2D eigenvalue weighted by atomic mass is 9.93. The van der Waals surface area contributed by atoms with Crippen LogP contribution in [0, 0.1) is 0 Å². The van der Waals surface area contributed by atoms with Crippen molar-refractivity contribution in [3.8, 4) is 5.75 Å². The maximum absolute atomic E-state index is 11.6. The molecule has 1 atom stereocenters. The quantitative estimate of drug-likeness (QED) is 0.445. The van der Waals surface area contributed by atoms with Crippen LogP contribution >= 0.6 is 0 Å². The van der Waals surface area contributed by atoms with E-state index >= 15 is 0 Å². The fourth-order valence-corrected chi connectivity index (χ4v) is 3.57. The van der Waals surface area contributed by atoms with Crippen LogP contribution in [0.4, 0.5) is 0 Å². The summed E-state index contributed by atoms with van der Waals surface area (Å²) in [6, 6.07) is 8.25. The molecule has 2 aliphatic rings. The summed E-state index contributed by atoms with van der Waals surface area (Å²) in [7, 11) is 0. The zero-order valence-electron chi connectivity index (χ0n) is 15.7. The number of rotatable bonds is 7. The molecule has 0 radical (unpaired) electrons. The van der Waals surface area contributed by atoms with Crippen molar-refractivity contribution in [2.24, 2.45) is 4.99 Å². The number of para-hydroxylation sites is 1. The van der Waals surface area contributed by atoms with Gasteiger partial charge in [-0.3, -0.25) is 9.79 Å². The minimum absolute atomic E-state index is 0.295. The number of benzene rings is 1. The Kier molecular flexibility index (Phi) is 6.75. The van der Waals surface area contributed by atoms with E-state index in [0.29, 0.717) is 18.2 Å². The van der Waals surface area contributed by atoms with Crippen LogP contribution in [0.2, 0.25) is 0 Å². The predicted octanol–water partition coefficient (Wildman–Crippen LogP) is 2.12. The first-order valence-electron chi connectivity index (χ1n) is 9.79. The molecule has 0 saturated carbocycles. The van der Waals surface area contributed by atoms with Crippen LogP contribution in [0.1, 0.15) is 44.1 Å². The van der Waals surface area contributed by atoms with Gasteiger partial charge < -0.3 is 20.3 Å². The second-order valence-corrected chi connectivity index (χ2v) is 6.86. The number of hydrogen-bond donors (Lipinski definition) is 2. The molecule has 2 aliphatic heterocycles. The molecule has 6 heteroatoms. The zero-order chi connectivity index (χ0) is 18.2. The van der Waals surface area contributed by atoms with Crippen molar-refractivity contribution in [2.45, 2.75) is 38.5 Å². The molecule has 1 aromatic rings. The lowest BCUT2D eigenvalue weighted by Gasteiger charge is -2.25. The summed E-state index contributed by atoms with van der Waals surface area (Å²) in [5.74, 6) is 2.54. The van der Waals surface area contributed by atoms with Gasteiger partial charge in [0, 0.05) is 45.1 Å².